The molecule has 1 aromatic carbocycles. The van der Waals surface area contributed by atoms with Crippen LogP contribution in [0.2, 0.25) is 0 Å². The van der Waals surface area contributed by atoms with Gasteiger partial charge in [0.25, 0.3) is 6.43 Å². The second kappa shape index (κ2) is 4.90. The molecule has 0 fully saturated rings. The highest BCUT2D eigenvalue weighted by molar-refractivity contribution is 5.82. The number of fused-ring (bicyclic) bond motifs is 1. The van der Waals surface area contributed by atoms with E-state index in [-0.39, 0.29) is 23.1 Å². The number of rotatable bonds is 4. The minimum atomic E-state index is -3.02. The van der Waals surface area contributed by atoms with Gasteiger partial charge in [-0.1, -0.05) is 17.9 Å². The average molecular weight is 285 g/mol. The van der Waals surface area contributed by atoms with Crippen molar-refractivity contribution in [2.75, 3.05) is 0 Å². The summed E-state index contributed by atoms with van der Waals surface area (Å²) < 4.78 is 41.5. The monoisotopic (exact) mass is 285 g/mol. The van der Waals surface area contributed by atoms with Gasteiger partial charge in [0.1, 0.15) is 16.9 Å². The summed E-state index contributed by atoms with van der Waals surface area (Å²) in [7, 11) is 0. The van der Waals surface area contributed by atoms with Gasteiger partial charge in [-0.3, -0.25) is 0 Å². The fourth-order valence-electron chi connectivity index (χ4n) is 2.00. The molecule has 0 amide bonds. The molecule has 0 spiro atoms. The van der Waals surface area contributed by atoms with Crippen LogP contribution in [0.5, 0.6) is 0 Å². The third-order valence-corrected chi connectivity index (χ3v) is 2.77. The van der Waals surface area contributed by atoms with Crippen molar-refractivity contribution in [2.24, 2.45) is 0 Å². The molecule has 2 rings (SSSR count). The highest BCUT2D eigenvalue weighted by atomic mass is 19.3. The molecule has 0 saturated heterocycles. The molecular formula is C13H14F3N3O. The van der Waals surface area contributed by atoms with Gasteiger partial charge in [-0.05, 0) is 19.9 Å². The second-order valence-corrected chi connectivity index (χ2v) is 5.13. The van der Waals surface area contributed by atoms with Crippen molar-refractivity contribution >= 4 is 17.1 Å². The van der Waals surface area contributed by atoms with Crippen LogP contribution in [0.1, 0.15) is 31.4 Å². The number of aromatic nitrogens is 3. The maximum atomic E-state index is 14.1. The Morgan fingerprint density at radius 1 is 1.50 bits per heavy atom. The molecule has 108 valence electrons. The van der Waals surface area contributed by atoms with E-state index in [0.29, 0.717) is 0 Å². The predicted octanol–water partition coefficient (Wildman–Crippen LogP) is 2.92. The largest absolute Gasteiger partial charge is 0.389 e. The zero-order valence-corrected chi connectivity index (χ0v) is 11.1. The molecule has 0 bridgehead atoms. The zero-order chi connectivity index (χ0) is 15.1. The van der Waals surface area contributed by atoms with Crippen LogP contribution in [-0.2, 0) is 6.54 Å². The minimum Gasteiger partial charge on any atom is -0.389 e. The van der Waals surface area contributed by atoms with Crippen LogP contribution in [0, 0.1) is 5.82 Å². The van der Waals surface area contributed by atoms with Crippen molar-refractivity contribution in [3.63, 3.8) is 0 Å². The van der Waals surface area contributed by atoms with Crippen molar-refractivity contribution in [3.8, 4) is 0 Å². The third-order valence-electron chi connectivity index (χ3n) is 2.77. The number of aliphatic hydroxyl groups is 1. The van der Waals surface area contributed by atoms with Gasteiger partial charge in [0, 0.05) is 5.56 Å². The summed E-state index contributed by atoms with van der Waals surface area (Å²) in [5.41, 5.74) is -1.98. The Bertz CT molecular complexity index is 659. The van der Waals surface area contributed by atoms with Crippen LogP contribution in [0.4, 0.5) is 13.2 Å². The summed E-state index contributed by atoms with van der Waals surface area (Å²) in [6.07, 6.45) is -1.87. The Labute approximate surface area is 113 Å². The average Bonchev–Trinajstić information content (AvgIpc) is 2.68. The number of hydrogen-bond acceptors (Lipinski definition) is 3. The van der Waals surface area contributed by atoms with E-state index in [9.17, 15) is 18.3 Å². The molecule has 1 N–H and O–H groups in total. The van der Waals surface area contributed by atoms with Crippen molar-refractivity contribution in [1.82, 2.24) is 15.0 Å². The molecule has 0 aliphatic carbocycles. The summed E-state index contributed by atoms with van der Waals surface area (Å²) in [6, 6.07) is 1.30. The Morgan fingerprint density at radius 2 is 2.15 bits per heavy atom. The fraction of sp³-hybridized carbons (Fsp3) is 0.385. The molecule has 4 nitrogen and oxygen atoms in total. The van der Waals surface area contributed by atoms with Crippen LogP contribution in [-0.4, -0.2) is 25.7 Å². The zero-order valence-electron chi connectivity index (χ0n) is 11.1. The number of alkyl halides is 2. The highest BCUT2D eigenvalue weighted by Gasteiger charge is 2.26. The highest BCUT2D eigenvalue weighted by Crippen LogP contribution is 2.32. The molecule has 0 atom stereocenters. The molecule has 0 saturated carbocycles. The first-order valence-corrected chi connectivity index (χ1v) is 5.93. The minimum absolute atomic E-state index is 0.0527. The normalized spacial score (nSPS) is 12.3. The second-order valence-electron chi connectivity index (χ2n) is 5.13. The standard InChI is InChI=1S/C13H14F3N3O/c1-4-7-5-8-11(9(10(7)14)12(15)16)19(18-17-8)6-13(2,3)20/h4-5,12,20H,1,6H2,2-3H3. The lowest BCUT2D eigenvalue weighted by Gasteiger charge is -2.18. The first-order valence-electron chi connectivity index (χ1n) is 5.93. The summed E-state index contributed by atoms with van der Waals surface area (Å²) >= 11 is 0. The lowest BCUT2D eigenvalue weighted by Crippen LogP contribution is -2.27. The van der Waals surface area contributed by atoms with Crippen molar-refractivity contribution in [2.45, 2.75) is 32.4 Å². The van der Waals surface area contributed by atoms with Gasteiger partial charge in [0.05, 0.1) is 17.7 Å². The maximum absolute atomic E-state index is 14.1. The van der Waals surface area contributed by atoms with Gasteiger partial charge in [0.15, 0.2) is 0 Å². The van der Waals surface area contributed by atoms with Gasteiger partial charge < -0.3 is 5.11 Å². The van der Waals surface area contributed by atoms with Crippen LogP contribution in [0.25, 0.3) is 17.1 Å². The quantitative estimate of drug-likeness (QED) is 0.939. The van der Waals surface area contributed by atoms with Crippen molar-refractivity contribution in [1.29, 1.82) is 0 Å². The van der Waals surface area contributed by atoms with E-state index in [4.69, 9.17) is 0 Å². The number of nitrogens with zero attached hydrogens (tertiary/aromatic N) is 3. The Morgan fingerprint density at radius 3 is 2.65 bits per heavy atom. The van der Waals surface area contributed by atoms with Crippen LogP contribution in [0.15, 0.2) is 12.6 Å². The van der Waals surface area contributed by atoms with Crippen molar-refractivity contribution in [3.05, 3.63) is 29.6 Å². The molecule has 0 radical (unpaired) electrons. The van der Waals surface area contributed by atoms with E-state index < -0.39 is 23.4 Å². The molecule has 0 aliphatic rings. The van der Waals surface area contributed by atoms with E-state index in [1.165, 1.54) is 19.9 Å². The summed E-state index contributed by atoms with van der Waals surface area (Å²) in [5, 5.41) is 17.2. The number of benzene rings is 1. The molecular weight excluding hydrogens is 271 g/mol. The van der Waals surface area contributed by atoms with Gasteiger partial charge in [-0.25, -0.2) is 17.9 Å². The van der Waals surface area contributed by atoms with E-state index in [1.54, 1.807) is 0 Å². The predicted molar refractivity (Wildman–Crippen MR) is 68.8 cm³/mol. The lowest BCUT2D eigenvalue weighted by atomic mass is 10.1. The molecule has 2 aromatic rings. The van der Waals surface area contributed by atoms with Gasteiger partial charge in [0.2, 0.25) is 0 Å². The molecule has 0 unspecified atom stereocenters. The lowest BCUT2D eigenvalue weighted by molar-refractivity contribution is 0.0581. The van der Waals surface area contributed by atoms with E-state index in [1.807, 2.05) is 0 Å². The Balaban J connectivity index is 2.76. The van der Waals surface area contributed by atoms with E-state index in [0.717, 1.165) is 10.8 Å². The Kier molecular flexibility index (Phi) is 3.56. The van der Waals surface area contributed by atoms with Crippen LogP contribution >= 0.6 is 0 Å². The molecule has 1 aromatic heterocycles. The SMILES string of the molecule is C=Cc1cc2nnn(CC(C)(C)O)c2c(C(F)F)c1F. The van der Waals surface area contributed by atoms with Gasteiger partial charge in [-0.2, -0.15) is 0 Å². The summed E-state index contributed by atoms with van der Waals surface area (Å²) in [5.74, 6) is -1.04. The molecule has 20 heavy (non-hydrogen) atoms. The van der Waals surface area contributed by atoms with Crippen LogP contribution in [0.3, 0.4) is 0 Å². The van der Waals surface area contributed by atoms with Crippen LogP contribution < -0.4 is 0 Å². The first-order chi connectivity index (χ1) is 9.24. The summed E-state index contributed by atoms with van der Waals surface area (Å²) in [6.45, 7) is 6.31. The maximum Gasteiger partial charge on any atom is 0.268 e. The molecule has 0 aliphatic heterocycles. The fourth-order valence-corrected chi connectivity index (χ4v) is 2.00. The smallest absolute Gasteiger partial charge is 0.268 e. The van der Waals surface area contributed by atoms with Gasteiger partial charge in [-0.15, -0.1) is 5.10 Å². The molecule has 7 heteroatoms. The molecule has 1 heterocycles. The van der Waals surface area contributed by atoms with E-state index in [2.05, 4.69) is 16.9 Å². The first kappa shape index (κ1) is 14.5. The van der Waals surface area contributed by atoms with Crippen molar-refractivity contribution < 1.29 is 18.3 Å². The number of hydrogen-bond donors (Lipinski definition) is 1. The number of halogens is 3. The summed E-state index contributed by atoms with van der Waals surface area (Å²) in [4.78, 5) is 0. The van der Waals surface area contributed by atoms with E-state index >= 15 is 0 Å². The topological polar surface area (TPSA) is 50.9 Å². The Hall–Kier alpha value is -1.89. The third kappa shape index (κ3) is 2.53. The van der Waals surface area contributed by atoms with Gasteiger partial charge >= 0.3 is 0 Å².